The number of aromatic nitrogens is 2. The first-order valence-electron chi connectivity index (χ1n) is 8.59. The monoisotopic (exact) mass is 404 g/mol. The Kier molecular flexibility index (Phi) is 6.08. The summed E-state index contributed by atoms with van der Waals surface area (Å²) in [6.07, 6.45) is 0. The highest BCUT2D eigenvalue weighted by molar-refractivity contribution is 7.99. The lowest BCUT2D eigenvalue weighted by atomic mass is 10.1. The van der Waals surface area contributed by atoms with Crippen LogP contribution in [0.5, 0.6) is 5.75 Å². The predicted molar refractivity (Wildman–Crippen MR) is 105 cm³/mol. The summed E-state index contributed by atoms with van der Waals surface area (Å²) < 4.78 is 30.3. The molecule has 1 heterocycles. The summed E-state index contributed by atoms with van der Waals surface area (Å²) in [6, 6.07) is 12.5. The molecule has 1 aromatic heterocycles. The molecule has 0 amide bonds. The first-order valence-corrected chi connectivity index (χ1v) is 9.57. The van der Waals surface area contributed by atoms with Crippen molar-refractivity contribution < 1.29 is 18.3 Å². The van der Waals surface area contributed by atoms with Crippen LogP contribution >= 0.6 is 11.8 Å². The molecular formula is C20H18F2N2O3S. The SMILES string of the molecule is CC(C)n1c(SCC(=O)c2ccc(OC(F)F)cc2)nc2ccccc2c1=O. The molecule has 0 unspecified atom stereocenters. The van der Waals surface area contributed by atoms with Crippen LogP contribution in [-0.4, -0.2) is 27.7 Å². The van der Waals surface area contributed by atoms with Gasteiger partial charge in [0.15, 0.2) is 10.9 Å². The van der Waals surface area contributed by atoms with Crippen molar-refractivity contribution in [2.75, 3.05) is 5.75 Å². The van der Waals surface area contributed by atoms with E-state index in [1.807, 2.05) is 13.8 Å². The number of thioether (sulfide) groups is 1. The second kappa shape index (κ2) is 8.52. The molecule has 0 aliphatic heterocycles. The van der Waals surface area contributed by atoms with E-state index in [0.717, 1.165) is 0 Å². The van der Waals surface area contributed by atoms with Gasteiger partial charge < -0.3 is 4.74 Å². The standard InChI is InChI=1S/C20H18F2N2O3S/c1-12(2)24-18(26)15-5-3-4-6-16(15)23-20(24)28-11-17(25)13-7-9-14(10-8-13)27-19(21)22/h3-10,12,19H,11H2,1-2H3. The summed E-state index contributed by atoms with van der Waals surface area (Å²) in [5, 5.41) is 0.992. The minimum atomic E-state index is -2.91. The molecule has 5 nitrogen and oxygen atoms in total. The minimum absolute atomic E-state index is 0.0101. The normalized spacial score (nSPS) is 11.4. The molecule has 0 saturated heterocycles. The van der Waals surface area contributed by atoms with Crippen LogP contribution < -0.4 is 10.3 Å². The zero-order valence-electron chi connectivity index (χ0n) is 15.3. The van der Waals surface area contributed by atoms with Crippen molar-refractivity contribution in [1.29, 1.82) is 0 Å². The summed E-state index contributed by atoms with van der Waals surface area (Å²) in [4.78, 5) is 29.8. The van der Waals surface area contributed by atoms with E-state index in [-0.39, 0.29) is 28.9 Å². The van der Waals surface area contributed by atoms with Gasteiger partial charge in [0, 0.05) is 11.6 Å². The lowest BCUT2D eigenvalue weighted by Gasteiger charge is -2.15. The smallest absolute Gasteiger partial charge is 0.387 e. The number of rotatable bonds is 7. The molecule has 0 atom stereocenters. The van der Waals surface area contributed by atoms with Gasteiger partial charge >= 0.3 is 6.61 Å². The van der Waals surface area contributed by atoms with E-state index in [1.54, 1.807) is 28.8 Å². The molecule has 146 valence electrons. The van der Waals surface area contributed by atoms with Gasteiger partial charge in [-0.05, 0) is 50.2 Å². The molecule has 0 N–H and O–H groups in total. The molecule has 0 spiro atoms. The highest BCUT2D eigenvalue weighted by atomic mass is 32.2. The molecule has 0 aliphatic carbocycles. The van der Waals surface area contributed by atoms with Crippen LogP contribution in [0.2, 0.25) is 0 Å². The van der Waals surface area contributed by atoms with E-state index in [4.69, 9.17) is 0 Å². The Hall–Kier alpha value is -2.74. The molecule has 8 heteroatoms. The van der Waals surface area contributed by atoms with E-state index in [1.165, 1.54) is 36.0 Å². The van der Waals surface area contributed by atoms with Gasteiger partial charge in [-0.3, -0.25) is 14.2 Å². The van der Waals surface area contributed by atoms with Gasteiger partial charge in [-0.25, -0.2) is 4.98 Å². The Morgan fingerprint density at radius 1 is 1.14 bits per heavy atom. The molecule has 0 bridgehead atoms. The van der Waals surface area contributed by atoms with Crippen molar-refractivity contribution >= 4 is 28.4 Å². The fraction of sp³-hybridized carbons (Fsp3) is 0.250. The average Bonchev–Trinajstić information content (AvgIpc) is 2.66. The van der Waals surface area contributed by atoms with E-state index >= 15 is 0 Å². The van der Waals surface area contributed by atoms with E-state index in [0.29, 0.717) is 21.6 Å². The molecule has 3 rings (SSSR count). The third kappa shape index (κ3) is 4.39. The number of halogens is 2. The number of nitrogens with zero attached hydrogens (tertiary/aromatic N) is 2. The topological polar surface area (TPSA) is 61.2 Å². The Bertz CT molecular complexity index is 1050. The molecular weight excluding hydrogens is 386 g/mol. The van der Waals surface area contributed by atoms with Crippen molar-refractivity contribution in [2.24, 2.45) is 0 Å². The van der Waals surface area contributed by atoms with E-state index in [9.17, 15) is 18.4 Å². The van der Waals surface area contributed by atoms with Crippen LogP contribution in [0.1, 0.15) is 30.2 Å². The number of ether oxygens (including phenoxy) is 1. The maximum Gasteiger partial charge on any atom is 0.387 e. The molecule has 2 aromatic carbocycles. The molecule has 0 saturated carbocycles. The largest absolute Gasteiger partial charge is 0.435 e. The predicted octanol–water partition coefficient (Wildman–Crippen LogP) is 4.55. The third-order valence-electron chi connectivity index (χ3n) is 4.03. The lowest BCUT2D eigenvalue weighted by molar-refractivity contribution is -0.0498. The van der Waals surface area contributed by atoms with Crippen LogP contribution in [0, 0.1) is 0 Å². The number of hydrogen-bond acceptors (Lipinski definition) is 5. The van der Waals surface area contributed by atoms with Gasteiger partial charge in [0.2, 0.25) is 0 Å². The first-order chi connectivity index (χ1) is 13.4. The number of alkyl halides is 2. The second-order valence-corrected chi connectivity index (χ2v) is 7.24. The molecule has 0 radical (unpaired) electrons. The minimum Gasteiger partial charge on any atom is -0.435 e. The molecule has 0 aliphatic rings. The van der Waals surface area contributed by atoms with Gasteiger partial charge in [0.25, 0.3) is 5.56 Å². The number of benzene rings is 2. The summed E-state index contributed by atoms with van der Waals surface area (Å²) in [5.74, 6) is -0.151. The highest BCUT2D eigenvalue weighted by Crippen LogP contribution is 2.22. The quantitative estimate of drug-likeness (QED) is 0.328. The number of carbonyl (C=O) groups excluding carboxylic acids is 1. The summed E-state index contributed by atoms with van der Waals surface area (Å²) in [6.45, 7) is 0.848. The van der Waals surface area contributed by atoms with Crippen molar-refractivity contribution in [2.45, 2.75) is 31.7 Å². The molecule has 0 fully saturated rings. The van der Waals surface area contributed by atoms with E-state index in [2.05, 4.69) is 9.72 Å². The highest BCUT2D eigenvalue weighted by Gasteiger charge is 2.16. The number of para-hydroxylation sites is 1. The van der Waals surface area contributed by atoms with Crippen LogP contribution in [0.15, 0.2) is 58.5 Å². The zero-order chi connectivity index (χ0) is 20.3. The second-order valence-electron chi connectivity index (χ2n) is 6.30. The Morgan fingerprint density at radius 3 is 2.46 bits per heavy atom. The fourth-order valence-corrected chi connectivity index (χ4v) is 3.74. The van der Waals surface area contributed by atoms with Gasteiger partial charge in [-0.1, -0.05) is 23.9 Å². The number of fused-ring (bicyclic) bond motifs is 1. The number of hydrogen-bond donors (Lipinski definition) is 0. The van der Waals surface area contributed by atoms with Gasteiger partial charge in [0.05, 0.1) is 16.7 Å². The van der Waals surface area contributed by atoms with Crippen molar-refractivity contribution in [3.05, 3.63) is 64.4 Å². The summed E-state index contributed by atoms with van der Waals surface area (Å²) in [7, 11) is 0. The molecule has 28 heavy (non-hydrogen) atoms. The van der Waals surface area contributed by atoms with Gasteiger partial charge in [-0.15, -0.1) is 0 Å². The Labute approximate surface area is 164 Å². The summed E-state index contributed by atoms with van der Waals surface area (Å²) in [5.41, 5.74) is 0.797. The maximum atomic E-state index is 12.8. The zero-order valence-corrected chi connectivity index (χ0v) is 16.1. The van der Waals surface area contributed by atoms with E-state index < -0.39 is 6.61 Å². The number of Topliss-reactive ketones (excluding diaryl/α,β-unsaturated/α-hetero) is 1. The van der Waals surface area contributed by atoms with Crippen LogP contribution in [-0.2, 0) is 0 Å². The van der Waals surface area contributed by atoms with Crippen LogP contribution in [0.4, 0.5) is 8.78 Å². The maximum absolute atomic E-state index is 12.8. The summed E-state index contributed by atoms with van der Waals surface area (Å²) >= 11 is 1.17. The first kappa shape index (κ1) is 20.0. The van der Waals surface area contributed by atoms with Crippen LogP contribution in [0.25, 0.3) is 10.9 Å². The Morgan fingerprint density at radius 2 is 1.82 bits per heavy atom. The Balaban J connectivity index is 1.82. The van der Waals surface area contributed by atoms with Gasteiger partial charge in [-0.2, -0.15) is 8.78 Å². The third-order valence-corrected chi connectivity index (χ3v) is 4.98. The number of carbonyl (C=O) groups is 1. The average molecular weight is 404 g/mol. The fourth-order valence-electron chi connectivity index (χ4n) is 2.72. The van der Waals surface area contributed by atoms with Crippen molar-refractivity contribution in [3.8, 4) is 5.75 Å². The van der Waals surface area contributed by atoms with Crippen LogP contribution in [0.3, 0.4) is 0 Å². The number of ketones is 1. The van der Waals surface area contributed by atoms with Gasteiger partial charge in [0.1, 0.15) is 5.75 Å². The lowest BCUT2D eigenvalue weighted by Crippen LogP contribution is -2.25. The van der Waals surface area contributed by atoms with Crippen molar-refractivity contribution in [3.63, 3.8) is 0 Å². The van der Waals surface area contributed by atoms with Crippen molar-refractivity contribution in [1.82, 2.24) is 9.55 Å². The molecule has 3 aromatic rings.